The lowest BCUT2D eigenvalue weighted by Crippen LogP contribution is -2.66. The molecular formula is C42H52BNO6Si. The summed E-state index contributed by atoms with van der Waals surface area (Å²) >= 11 is 0. The van der Waals surface area contributed by atoms with Crippen molar-refractivity contribution in [3.05, 3.63) is 107 Å². The zero-order valence-corrected chi connectivity index (χ0v) is 31.7. The van der Waals surface area contributed by atoms with Crippen molar-refractivity contribution < 1.29 is 28.8 Å². The molecule has 2 aliphatic heterocycles. The number of aromatic hydroxyl groups is 1. The largest absolute Gasteiger partial charge is 0.508 e. The lowest BCUT2D eigenvalue weighted by atomic mass is 9.58. The van der Waals surface area contributed by atoms with Crippen LogP contribution in [0.1, 0.15) is 72.3 Å². The highest BCUT2D eigenvalue weighted by Gasteiger charge is 2.58. The molecule has 4 atom stereocenters. The van der Waals surface area contributed by atoms with E-state index >= 15 is 0 Å². The molecule has 7 nitrogen and oxygen atoms in total. The first-order valence-electron chi connectivity index (χ1n) is 18.6. The number of rotatable bonds is 12. The summed E-state index contributed by atoms with van der Waals surface area (Å²) < 4.78 is 13.8. The standard InChI is InChI=1S/C42H52BNO6Si/c1-6-23-44-40(46)35-26-31(28-49-51(42(3,4)5,33-17-10-8-11-18-33)34-19-12-9-13-20-34)38-36(39(35)41(44)47)27-43(48)50-37(38)22-21-29(7-2)24-30-15-14-16-32(45)25-30/h8-20,24-25,35-37,39,45,48H,6-7,21-23,26-28H2,1-5H3/b29-24+/t35-,36+,37-,39-/m1/s1. The van der Waals surface area contributed by atoms with Gasteiger partial charge in [-0.2, -0.15) is 0 Å². The van der Waals surface area contributed by atoms with Crippen LogP contribution in [0, 0.1) is 17.8 Å². The van der Waals surface area contributed by atoms with Gasteiger partial charge in [-0.15, -0.1) is 0 Å². The SMILES string of the molecule is CCCN1C(=O)[C@@H]2[C@@H](CC(CO[Si](c3ccccc3)(c3ccccc3)C(C)(C)C)=C3[C@@H](CC/C(=C/c4cccc(O)c4)CC)OB(O)C[C@@H]32)C1=O. The van der Waals surface area contributed by atoms with Crippen molar-refractivity contribution in [3.63, 3.8) is 0 Å². The van der Waals surface area contributed by atoms with Gasteiger partial charge in [0.25, 0.3) is 8.32 Å². The minimum Gasteiger partial charge on any atom is -0.508 e. The number of benzene rings is 3. The van der Waals surface area contributed by atoms with E-state index in [0.717, 1.165) is 23.1 Å². The van der Waals surface area contributed by atoms with Crippen LogP contribution in [-0.2, 0) is 18.7 Å². The van der Waals surface area contributed by atoms with E-state index in [1.54, 1.807) is 12.1 Å². The average Bonchev–Trinajstić information content (AvgIpc) is 3.35. The van der Waals surface area contributed by atoms with Gasteiger partial charge in [0.1, 0.15) is 5.75 Å². The minimum atomic E-state index is -2.92. The molecule has 51 heavy (non-hydrogen) atoms. The van der Waals surface area contributed by atoms with Crippen LogP contribution in [0.3, 0.4) is 0 Å². The molecular weight excluding hydrogens is 653 g/mol. The van der Waals surface area contributed by atoms with Crippen molar-refractivity contribution in [2.24, 2.45) is 17.8 Å². The molecule has 0 radical (unpaired) electrons. The Labute approximate surface area is 304 Å². The normalized spacial score (nSPS) is 22.7. The summed E-state index contributed by atoms with van der Waals surface area (Å²) in [5.74, 6) is -1.29. The Morgan fingerprint density at radius 2 is 1.63 bits per heavy atom. The number of hydrogen-bond acceptors (Lipinski definition) is 6. The van der Waals surface area contributed by atoms with E-state index in [-0.39, 0.29) is 34.8 Å². The van der Waals surface area contributed by atoms with Gasteiger partial charge in [-0.25, -0.2) is 0 Å². The van der Waals surface area contributed by atoms with Crippen LogP contribution in [0.25, 0.3) is 6.08 Å². The Hall–Kier alpha value is -3.76. The van der Waals surface area contributed by atoms with E-state index in [9.17, 15) is 19.7 Å². The number of fused-ring (bicyclic) bond motifs is 3. The Balaban J connectivity index is 1.42. The molecule has 0 unspecified atom stereocenters. The maximum absolute atomic E-state index is 14.0. The summed E-state index contributed by atoms with van der Waals surface area (Å²) in [5.41, 5.74) is 4.19. The molecule has 2 heterocycles. The summed E-state index contributed by atoms with van der Waals surface area (Å²) in [6.07, 6.45) is 5.24. The molecule has 268 valence electrons. The summed E-state index contributed by atoms with van der Waals surface area (Å²) in [7, 11) is -3.96. The van der Waals surface area contributed by atoms with Crippen molar-refractivity contribution >= 4 is 43.7 Å². The molecule has 9 heteroatoms. The van der Waals surface area contributed by atoms with Crippen molar-refractivity contribution in [1.29, 1.82) is 0 Å². The second-order valence-corrected chi connectivity index (χ2v) is 19.7. The molecule has 0 spiro atoms. The fourth-order valence-electron chi connectivity index (χ4n) is 8.88. The zero-order chi connectivity index (χ0) is 36.3. The number of hydrogen-bond donors (Lipinski definition) is 2. The monoisotopic (exact) mass is 705 g/mol. The van der Waals surface area contributed by atoms with Gasteiger partial charge in [-0.05, 0) is 88.6 Å². The molecule has 2 saturated heterocycles. The molecule has 2 amide bonds. The third-order valence-corrected chi connectivity index (χ3v) is 16.1. The first kappa shape index (κ1) is 37.0. The van der Waals surface area contributed by atoms with E-state index in [1.807, 2.05) is 31.2 Å². The highest BCUT2D eigenvalue weighted by Crippen LogP contribution is 2.51. The van der Waals surface area contributed by atoms with Crippen molar-refractivity contribution in [1.82, 2.24) is 4.90 Å². The number of amides is 2. The Morgan fingerprint density at radius 3 is 2.22 bits per heavy atom. The van der Waals surface area contributed by atoms with Crippen LogP contribution in [0.2, 0.25) is 11.4 Å². The van der Waals surface area contributed by atoms with Crippen LogP contribution >= 0.6 is 0 Å². The molecule has 6 rings (SSSR count). The van der Waals surface area contributed by atoms with Gasteiger partial charge in [0, 0.05) is 6.54 Å². The molecule has 3 aliphatic rings. The quantitative estimate of drug-likeness (QED) is 0.123. The number of carbonyl (C=O) groups is 2. The fourth-order valence-corrected chi connectivity index (χ4v) is 13.4. The van der Waals surface area contributed by atoms with Gasteiger partial charge in [-0.1, -0.05) is 119 Å². The van der Waals surface area contributed by atoms with E-state index < -0.39 is 33.4 Å². The lowest BCUT2D eigenvalue weighted by Gasteiger charge is -2.46. The highest BCUT2D eigenvalue weighted by molar-refractivity contribution is 6.99. The third kappa shape index (κ3) is 7.31. The van der Waals surface area contributed by atoms with Gasteiger partial charge in [0.15, 0.2) is 0 Å². The molecule has 3 aromatic rings. The van der Waals surface area contributed by atoms with Crippen LogP contribution < -0.4 is 10.4 Å². The van der Waals surface area contributed by atoms with Crippen LogP contribution in [0.5, 0.6) is 5.75 Å². The number of carbonyl (C=O) groups excluding carboxylic acids is 2. The zero-order valence-electron chi connectivity index (χ0n) is 30.7. The molecule has 1 aliphatic carbocycles. The van der Waals surface area contributed by atoms with E-state index in [4.69, 9.17) is 9.08 Å². The van der Waals surface area contributed by atoms with E-state index in [2.05, 4.69) is 82.3 Å². The highest BCUT2D eigenvalue weighted by atomic mass is 28.4. The molecule has 0 aromatic heterocycles. The first-order valence-corrected chi connectivity index (χ1v) is 20.5. The summed E-state index contributed by atoms with van der Waals surface area (Å²) in [5, 5.41) is 23.3. The van der Waals surface area contributed by atoms with Crippen molar-refractivity contribution in [2.45, 2.75) is 84.2 Å². The summed E-state index contributed by atoms with van der Waals surface area (Å²) in [6, 6.07) is 28.3. The Morgan fingerprint density at radius 1 is 0.961 bits per heavy atom. The Bertz CT molecular complexity index is 1730. The van der Waals surface area contributed by atoms with Gasteiger partial charge in [0.2, 0.25) is 11.8 Å². The molecule has 2 N–H and O–H groups in total. The maximum Gasteiger partial charge on any atom is 0.455 e. The van der Waals surface area contributed by atoms with E-state index in [0.29, 0.717) is 38.8 Å². The number of imide groups is 1. The number of phenols is 1. The van der Waals surface area contributed by atoms with Crippen LogP contribution in [0.15, 0.2) is 102 Å². The fraction of sp³-hybridized carbons (Fsp3) is 0.429. The molecule has 0 bridgehead atoms. The Kier molecular flexibility index (Phi) is 11.2. The second-order valence-electron chi connectivity index (χ2n) is 15.4. The lowest BCUT2D eigenvalue weighted by molar-refractivity contribution is -0.140. The van der Waals surface area contributed by atoms with E-state index in [1.165, 1.54) is 20.8 Å². The van der Waals surface area contributed by atoms with Crippen LogP contribution in [0.4, 0.5) is 0 Å². The van der Waals surface area contributed by atoms with Gasteiger partial charge < -0.3 is 19.2 Å². The smallest absolute Gasteiger partial charge is 0.455 e. The second kappa shape index (κ2) is 15.5. The number of likely N-dealkylation sites (tertiary alicyclic amines) is 1. The maximum atomic E-state index is 14.0. The van der Waals surface area contributed by atoms with Crippen molar-refractivity contribution in [2.75, 3.05) is 13.2 Å². The predicted octanol–water partition coefficient (Wildman–Crippen LogP) is 6.75. The number of nitrogens with zero attached hydrogens (tertiary/aromatic N) is 1. The van der Waals surface area contributed by atoms with Gasteiger partial charge in [-0.3, -0.25) is 14.5 Å². The van der Waals surface area contributed by atoms with Crippen molar-refractivity contribution in [3.8, 4) is 5.75 Å². The minimum absolute atomic E-state index is 0.103. The summed E-state index contributed by atoms with van der Waals surface area (Å²) in [4.78, 5) is 29.4. The third-order valence-electron chi connectivity index (χ3n) is 11.1. The molecule has 2 fully saturated rings. The van der Waals surface area contributed by atoms with Gasteiger partial charge >= 0.3 is 7.12 Å². The first-order chi connectivity index (χ1) is 24.5. The number of phenolic OH excluding ortho intramolecular Hbond substituents is 1. The molecule has 0 saturated carbocycles. The van der Waals surface area contributed by atoms with Crippen LogP contribution in [-0.4, -0.2) is 61.5 Å². The summed E-state index contributed by atoms with van der Waals surface area (Å²) in [6.45, 7) is 11.6. The number of allylic oxidation sites excluding steroid dienone is 1. The molecule has 3 aromatic carbocycles. The van der Waals surface area contributed by atoms with Gasteiger partial charge in [0.05, 0.1) is 24.5 Å². The average molecular weight is 706 g/mol. The predicted molar refractivity (Wildman–Crippen MR) is 206 cm³/mol. The topological polar surface area (TPSA) is 96.3 Å².